The number of carbonyl (C=O) groups excluding carboxylic acids is 2. The molecule has 0 radical (unpaired) electrons. The van der Waals surface area contributed by atoms with E-state index in [-0.39, 0.29) is 23.8 Å². The van der Waals surface area contributed by atoms with Crippen LogP contribution in [0.5, 0.6) is 0 Å². The minimum absolute atomic E-state index is 0.135. The average Bonchev–Trinajstić information content (AvgIpc) is 2.75. The molecule has 102 valence electrons. The van der Waals surface area contributed by atoms with E-state index < -0.39 is 0 Å². The van der Waals surface area contributed by atoms with Crippen molar-refractivity contribution >= 4 is 27.7 Å². The number of benzene rings is 1. The number of hydrogen-bond acceptors (Lipinski definition) is 2. The number of carbonyl (C=O) groups is 2. The first-order valence-electron chi connectivity index (χ1n) is 6.35. The molecule has 0 heterocycles. The summed E-state index contributed by atoms with van der Waals surface area (Å²) >= 11 is 3.37. The number of halogens is 1. The van der Waals surface area contributed by atoms with E-state index in [0.29, 0.717) is 5.56 Å². The third kappa shape index (κ3) is 3.35. The molecule has 1 fully saturated rings. The zero-order valence-electron chi connectivity index (χ0n) is 10.8. The van der Waals surface area contributed by atoms with Gasteiger partial charge in [0.2, 0.25) is 5.91 Å². The van der Waals surface area contributed by atoms with Crippen molar-refractivity contribution in [3.05, 3.63) is 33.8 Å². The molecule has 0 spiro atoms. The van der Waals surface area contributed by atoms with Crippen LogP contribution in [0.15, 0.2) is 22.7 Å². The standard InChI is InChI=1S/C14H17BrN2O2/c1-8-5-9(7-10(15)6-8)14(19)17-12-4-2-3-11(12)13(16)18/h5-7,11-12H,2-4H2,1H3,(H2,16,18)(H,17,19)/t11-,12-/m1/s1. The van der Waals surface area contributed by atoms with Gasteiger partial charge >= 0.3 is 0 Å². The molecule has 0 unspecified atom stereocenters. The zero-order valence-corrected chi connectivity index (χ0v) is 12.4. The Hall–Kier alpha value is -1.36. The van der Waals surface area contributed by atoms with E-state index in [4.69, 9.17) is 5.73 Å². The van der Waals surface area contributed by atoms with Crippen molar-refractivity contribution in [2.75, 3.05) is 0 Å². The molecule has 4 nitrogen and oxygen atoms in total. The van der Waals surface area contributed by atoms with Gasteiger partial charge in [-0.15, -0.1) is 0 Å². The van der Waals surface area contributed by atoms with Gasteiger partial charge in [0.25, 0.3) is 5.91 Å². The molecule has 19 heavy (non-hydrogen) atoms. The average molecular weight is 325 g/mol. The Morgan fingerprint density at radius 2 is 2.05 bits per heavy atom. The maximum absolute atomic E-state index is 12.2. The third-order valence-electron chi connectivity index (χ3n) is 3.50. The predicted molar refractivity (Wildman–Crippen MR) is 76.7 cm³/mol. The normalized spacial score (nSPS) is 22.2. The van der Waals surface area contributed by atoms with Gasteiger partial charge in [0, 0.05) is 16.1 Å². The van der Waals surface area contributed by atoms with Gasteiger partial charge in [0.15, 0.2) is 0 Å². The topological polar surface area (TPSA) is 72.2 Å². The van der Waals surface area contributed by atoms with E-state index >= 15 is 0 Å². The van der Waals surface area contributed by atoms with Gasteiger partial charge in [-0.2, -0.15) is 0 Å². The van der Waals surface area contributed by atoms with Crippen molar-refractivity contribution in [1.29, 1.82) is 0 Å². The quantitative estimate of drug-likeness (QED) is 0.894. The van der Waals surface area contributed by atoms with Crippen molar-refractivity contribution in [2.24, 2.45) is 11.7 Å². The first-order chi connectivity index (χ1) is 8.97. The zero-order chi connectivity index (χ0) is 14.0. The van der Waals surface area contributed by atoms with E-state index in [1.807, 2.05) is 19.1 Å². The molecule has 1 saturated carbocycles. The van der Waals surface area contributed by atoms with Crippen molar-refractivity contribution in [3.8, 4) is 0 Å². The van der Waals surface area contributed by atoms with Crippen LogP contribution < -0.4 is 11.1 Å². The number of nitrogens with one attached hydrogen (secondary N) is 1. The lowest BCUT2D eigenvalue weighted by molar-refractivity contribution is -0.122. The van der Waals surface area contributed by atoms with Crippen LogP contribution in [0.1, 0.15) is 35.2 Å². The molecule has 2 atom stereocenters. The lowest BCUT2D eigenvalue weighted by Gasteiger charge is -2.18. The summed E-state index contributed by atoms with van der Waals surface area (Å²) in [5.74, 6) is -0.715. The largest absolute Gasteiger partial charge is 0.369 e. The van der Waals surface area contributed by atoms with Gasteiger partial charge in [-0.1, -0.05) is 22.4 Å². The van der Waals surface area contributed by atoms with E-state index in [2.05, 4.69) is 21.2 Å². The summed E-state index contributed by atoms with van der Waals surface area (Å²) in [6.45, 7) is 1.93. The molecule has 2 rings (SSSR count). The maximum atomic E-state index is 12.2. The molecule has 3 N–H and O–H groups in total. The van der Waals surface area contributed by atoms with Gasteiger partial charge in [0.1, 0.15) is 0 Å². The highest BCUT2D eigenvalue weighted by Gasteiger charge is 2.32. The molecule has 1 aliphatic rings. The molecular weight excluding hydrogens is 308 g/mol. The highest BCUT2D eigenvalue weighted by molar-refractivity contribution is 9.10. The summed E-state index contributed by atoms with van der Waals surface area (Å²) in [7, 11) is 0. The molecule has 2 amide bonds. The fourth-order valence-electron chi connectivity index (χ4n) is 2.59. The molecule has 0 aliphatic heterocycles. The first-order valence-corrected chi connectivity index (χ1v) is 7.14. The van der Waals surface area contributed by atoms with Crippen LogP contribution >= 0.6 is 15.9 Å². The van der Waals surface area contributed by atoms with Crippen molar-refractivity contribution in [1.82, 2.24) is 5.32 Å². The number of rotatable bonds is 3. The fourth-order valence-corrected chi connectivity index (χ4v) is 3.20. The number of nitrogens with two attached hydrogens (primary N) is 1. The van der Waals surface area contributed by atoms with Crippen LogP contribution in [0.2, 0.25) is 0 Å². The molecular formula is C14H17BrN2O2. The SMILES string of the molecule is Cc1cc(Br)cc(C(=O)N[C@@H]2CCC[C@H]2C(N)=O)c1. The van der Waals surface area contributed by atoms with Crippen LogP contribution in [0.3, 0.4) is 0 Å². The Kier molecular flexibility index (Phi) is 4.24. The van der Waals surface area contributed by atoms with Crippen LogP contribution in [0.25, 0.3) is 0 Å². The van der Waals surface area contributed by atoms with Gasteiger partial charge < -0.3 is 11.1 Å². The molecule has 0 bridgehead atoms. The summed E-state index contributed by atoms with van der Waals surface area (Å²) < 4.78 is 0.871. The van der Waals surface area contributed by atoms with Crippen LogP contribution in [0.4, 0.5) is 0 Å². The third-order valence-corrected chi connectivity index (χ3v) is 3.96. The molecule has 5 heteroatoms. The highest BCUT2D eigenvalue weighted by Crippen LogP contribution is 2.26. The Morgan fingerprint density at radius 1 is 1.32 bits per heavy atom. The Morgan fingerprint density at radius 3 is 2.68 bits per heavy atom. The lowest BCUT2D eigenvalue weighted by Crippen LogP contribution is -2.42. The molecule has 0 saturated heterocycles. The van der Waals surface area contributed by atoms with Gasteiger partial charge in [-0.3, -0.25) is 9.59 Å². The molecule has 1 aliphatic carbocycles. The lowest BCUT2D eigenvalue weighted by atomic mass is 10.0. The summed E-state index contributed by atoms with van der Waals surface area (Å²) in [6, 6.07) is 5.41. The van der Waals surface area contributed by atoms with E-state index in [1.165, 1.54) is 0 Å². The van der Waals surface area contributed by atoms with Crippen LogP contribution in [-0.4, -0.2) is 17.9 Å². The van der Waals surface area contributed by atoms with Crippen LogP contribution in [0, 0.1) is 12.8 Å². The Labute approximate surface area is 120 Å². The second-order valence-corrected chi connectivity index (χ2v) is 5.95. The van der Waals surface area contributed by atoms with Crippen molar-refractivity contribution in [2.45, 2.75) is 32.2 Å². The Balaban J connectivity index is 2.10. The smallest absolute Gasteiger partial charge is 0.251 e. The minimum atomic E-state index is -0.326. The second kappa shape index (κ2) is 5.74. The summed E-state index contributed by atoms with van der Waals surface area (Å²) in [6.07, 6.45) is 2.50. The maximum Gasteiger partial charge on any atom is 0.251 e. The second-order valence-electron chi connectivity index (χ2n) is 5.04. The van der Waals surface area contributed by atoms with Gasteiger partial charge in [-0.25, -0.2) is 0 Å². The van der Waals surface area contributed by atoms with Gasteiger partial charge in [0.05, 0.1) is 5.92 Å². The summed E-state index contributed by atoms with van der Waals surface area (Å²) in [5.41, 5.74) is 6.96. The molecule has 0 aromatic heterocycles. The number of primary amides is 1. The number of aryl methyl sites for hydroxylation is 1. The Bertz CT molecular complexity index is 496. The summed E-state index contributed by atoms with van der Waals surface area (Å²) in [5, 5.41) is 2.92. The molecule has 1 aromatic rings. The van der Waals surface area contributed by atoms with E-state index in [9.17, 15) is 9.59 Å². The van der Waals surface area contributed by atoms with E-state index in [0.717, 1.165) is 29.3 Å². The van der Waals surface area contributed by atoms with E-state index in [1.54, 1.807) is 6.07 Å². The predicted octanol–water partition coefficient (Wildman–Crippen LogP) is 2.14. The minimum Gasteiger partial charge on any atom is -0.369 e. The molecule has 1 aromatic carbocycles. The number of hydrogen-bond donors (Lipinski definition) is 2. The highest BCUT2D eigenvalue weighted by atomic mass is 79.9. The van der Waals surface area contributed by atoms with Gasteiger partial charge in [-0.05, 0) is 43.5 Å². The van der Waals surface area contributed by atoms with Crippen molar-refractivity contribution in [3.63, 3.8) is 0 Å². The monoisotopic (exact) mass is 324 g/mol. The number of amides is 2. The first kappa shape index (κ1) is 14.1. The summed E-state index contributed by atoms with van der Waals surface area (Å²) in [4.78, 5) is 23.5. The van der Waals surface area contributed by atoms with Crippen LogP contribution in [-0.2, 0) is 4.79 Å². The van der Waals surface area contributed by atoms with Crippen molar-refractivity contribution < 1.29 is 9.59 Å². The fraction of sp³-hybridized carbons (Fsp3) is 0.429.